The van der Waals surface area contributed by atoms with Gasteiger partial charge in [-0.2, -0.15) is 0 Å². The molecule has 6 heteroatoms. The molecule has 0 fully saturated rings. The number of hydrogen-bond donors (Lipinski definition) is 1. The topological polar surface area (TPSA) is 41.6 Å². The summed E-state index contributed by atoms with van der Waals surface area (Å²) in [6, 6.07) is 5.36. The first-order valence-electron chi connectivity index (χ1n) is 6.57. The Labute approximate surface area is 131 Å². The van der Waals surface area contributed by atoms with Crippen molar-refractivity contribution in [3.63, 3.8) is 0 Å². The molecule has 4 nitrogen and oxygen atoms in total. The van der Waals surface area contributed by atoms with E-state index in [0.717, 1.165) is 12.8 Å². The molecule has 0 heterocycles. The molecule has 1 amide bonds. The number of nitrogens with one attached hydrogen (secondary N) is 1. The summed E-state index contributed by atoms with van der Waals surface area (Å²) in [5.41, 5.74) is 3.67. The van der Waals surface area contributed by atoms with Gasteiger partial charge in [-0.05, 0) is 25.5 Å². The molecule has 1 rings (SSSR count). The Balaban J connectivity index is 0.00000361. The van der Waals surface area contributed by atoms with Crippen LogP contribution in [0.5, 0.6) is 5.75 Å². The predicted molar refractivity (Wildman–Crippen MR) is 85.9 cm³/mol. The summed E-state index contributed by atoms with van der Waals surface area (Å²) < 4.78 is 5.54. The summed E-state index contributed by atoms with van der Waals surface area (Å²) in [6.07, 6.45) is 2.04. The third kappa shape index (κ3) is 5.19. The van der Waals surface area contributed by atoms with Gasteiger partial charge in [-0.1, -0.05) is 31.0 Å². The standard InChI is InChI=1S/C14H21ClN2O2.ClH/c1-4-6-10-16-17(11(3)18)14-12(15)8-7-9-13(14)19-5-2;/h7-9,16H,4-6,10H2,1-3H3;1H. The van der Waals surface area contributed by atoms with E-state index in [0.29, 0.717) is 29.6 Å². The van der Waals surface area contributed by atoms with Crippen LogP contribution in [0.15, 0.2) is 18.2 Å². The van der Waals surface area contributed by atoms with Gasteiger partial charge in [-0.15, -0.1) is 12.4 Å². The van der Waals surface area contributed by atoms with Gasteiger partial charge in [0, 0.05) is 13.5 Å². The molecule has 0 saturated heterocycles. The molecule has 0 aliphatic carbocycles. The zero-order valence-corrected chi connectivity index (χ0v) is 13.7. The van der Waals surface area contributed by atoms with Crippen LogP contribution in [0.25, 0.3) is 0 Å². The largest absolute Gasteiger partial charge is 0.492 e. The van der Waals surface area contributed by atoms with Crippen molar-refractivity contribution in [3.8, 4) is 5.75 Å². The van der Waals surface area contributed by atoms with E-state index in [9.17, 15) is 4.79 Å². The van der Waals surface area contributed by atoms with Gasteiger partial charge in [0.15, 0.2) is 0 Å². The summed E-state index contributed by atoms with van der Waals surface area (Å²) in [5.74, 6) is 0.486. The van der Waals surface area contributed by atoms with Crippen LogP contribution in [0.4, 0.5) is 5.69 Å². The van der Waals surface area contributed by atoms with E-state index in [2.05, 4.69) is 12.3 Å². The van der Waals surface area contributed by atoms with E-state index in [1.807, 2.05) is 13.0 Å². The van der Waals surface area contributed by atoms with Crippen molar-refractivity contribution in [2.45, 2.75) is 33.6 Å². The molecule has 0 saturated carbocycles. The minimum atomic E-state index is -0.120. The summed E-state index contributed by atoms with van der Waals surface area (Å²) in [5, 5.41) is 1.95. The maximum absolute atomic E-state index is 11.8. The number of carbonyl (C=O) groups excluding carboxylic acids is 1. The van der Waals surface area contributed by atoms with Crippen LogP contribution in [0.2, 0.25) is 5.02 Å². The lowest BCUT2D eigenvalue weighted by Crippen LogP contribution is -2.42. The molecule has 1 aromatic rings. The van der Waals surface area contributed by atoms with Crippen LogP contribution >= 0.6 is 24.0 Å². The summed E-state index contributed by atoms with van der Waals surface area (Å²) in [6.45, 7) is 6.73. The third-order valence-electron chi connectivity index (χ3n) is 2.59. The highest BCUT2D eigenvalue weighted by molar-refractivity contribution is 6.34. The van der Waals surface area contributed by atoms with Crippen LogP contribution in [-0.2, 0) is 4.79 Å². The number of hydrazine groups is 1. The monoisotopic (exact) mass is 320 g/mol. The molecular formula is C14H22Cl2N2O2. The third-order valence-corrected chi connectivity index (χ3v) is 2.89. The predicted octanol–water partition coefficient (Wildman–Crippen LogP) is 3.82. The number of benzene rings is 1. The Hall–Kier alpha value is -0.970. The smallest absolute Gasteiger partial charge is 0.238 e. The lowest BCUT2D eigenvalue weighted by atomic mass is 10.2. The Kier molecular flexibility index (Phi) is 9.38. The molecule has 0 aromatic heterocycles. The average Bonchev–Trinajstić information content (AvgIpc) is 2.36. The van der Waals surface area contributed by atoms with Gasteiger partial charge in [0.05, 0.1) is 11.6 Å². The highest BCUT2D eigenvalue weighted by Crippen LogP contribution is 2.35. The van der Waals surface area contributed by atoms with Crippen molar-refractivity contribution in [2.75, 3.05) is 18.2 Å². The van der Waals surface area contributed by atoms with E-state index in [4.69, 9.17) is 16.3 Å². The molecule has 0 bridgehead atoms. The number of nitrogens with zero attached hydrogens (tertiary/aromatic N) is 1. The molecular weight excluding hydrogens is 299 g/mol. The van der Waals surface area contributed by atoms with Crippen molar-refractivity contribution in [3.05, 3.63) is 23.2 Å². The Morgan fingerprint density at radius 2 is 2.10 bits per heavy atom. The Morgan fingerprint density at radius 3 is 2.65 bits per heavy atom. The molecule has 0 unspecified atom stereocenters. The van der Waals surface area contributed by atoms with Crippen molar-refractivity contribution >= 4 is 35.6 Å². The molecule has 0 aliphatic rings. The first-order chi connectivity index (χ1) is 9.11. The number of halogens is 2. The molecule has 0 radical (unpaired) electrons. The molecule has 1 aromatic carbocycles. The average molecular weight is 321 g/mol. The first-order valence-corrected chi connectivity index (χ1v) is 6.95. The lowest BCUT2D eigenvalue weighted by molar-refractivity contribution is -0.117. The van der Waals surface area contributed by atoms with Gasteiger partial charge < -0.3 is 4.74 Å². The van der Waals surface area contributed by atoms with Crippen LogP contribution in [0.3, 0.4) is 0 Å². The van der Waals surface area contributed by atoms with Crippen LogP contribution < -0.4 is 15.2 Å². The Bertz CT molecular complexity index is 428. The summed E-state index contributed by atoms with van der Waals surface area (Å²) in [7, 11) is 0. The molecule has 0 atom stereocenters. The molecule has 0 aliphatic heterocycles. The first kappa shape index (κ1) is 19.0. The summed E-state index contributed by atoms with van der Waals surface area (Å²) in [4.78, 5) is 11.8. The van der Waals surface area contributed by atoms with Crippen molar-refractivity contribution in [1.82, 2.24) is 5.43 Å². The van der Waals surface area contributed by atoms with Crippen LogP contribution in [0.1, 0.15) is 33.6 Å². The number of hydrogen-bond acceptors (Lipinski definition) is 3. The van der Waals surface area contributed by atoms with Crippen LogP contribution in [0, 0.1) is 0 Å². The van der Waals surface area contributed by atoms with E-state index in [1.54, 1.807) is 12.1 Å². The number of unbranched alkanes of at least 4 members (excludes halogenated alkanes) is 1. The zero-order valence-electron chi connectivity index (χ0n) is 12.1. The number of ether oxygens (including phenoxy) is 1. The fraction of sp³-hybridized carbons (Fsp3) is 0.500. The zero-order chi connectivity index (χ0) is 14.3. The van der Waals surface area contributed by atoms with Gasteiger partial charge >= 0.3 is 0 Å². The second-order valence-electron chi connectivity index (χ2n) is 4.14. The fourth-order valence-corrected chi connectivity index (χ4v) is 1.95. The maximum atomic E-state index is 11.8. The number of rotatable bonds is 7. The minimum Gasteiger partial charge on any atom is -0.492 e. The van der Waals surface area contributed by atoms with Gasteiger partial charge in [-0.3, -0.25) is 4.79 Å². The molecule has 1 N–H and O–H groups in total. The second kappa shape index (κ2) is 9.86. The van der Waals surface area contributed by atoms with Gasteiger partial charge in [0.25, 0.3) is 0 Å². The van der Waals surface area contributed by atoms with E-state index in [1.165, 1.54) is 11.9 Å². The van der Waals surface area contributed by atoms with Crippen molar-refractivity contribution in [2.24, 2.45) is 0 Å². The van der Waals surface area contributed by atoms with Gasteiger partial charge in [0.2, 0.25) is 5.91 Å². The van der Waals surface area contributed by atoms with E-state index in [-0.39, 0.29) is 18.3 Å². The van der Waals surface area contributed by atoms with Crippen molar-refractivity contribution in [1.29, 1.82) is 0 Å². The number of carbonyl (C=O) groups is 1. The van der Waals surface area contributed by atoms with E-state index >= 15 is 0 Å². The number of para-hydroxylation sites is 1. The molecule has 20 heavy (non-hydrogen) atoms. The van der Waals surface area contributed by atoms with Gasteiger partial charge in [0.1, 0.15) is 11.4 Å². The normalized spacial score (nSPS) is 9.80. The molecule has 0 spiro atoms. The fourth-order valence-electron chi connectivity index (χ4n) is 1.70. The van der Waals surface area contributed by atoms with Crippen molar-refractivity contribution < 1.29 is 9.53 Å². The maximum Gasteiger partial charge on any atom is 0.238 e. The quantitative estimate of drug-likeness (QED) is 0.613. The molecule has 114 valence electrons. The highest BCUT2D eigenvalue weighted by atomic mass is 35.5. The highest BCUT2D eigenvalue weighted by Gasteiger charge is 2.19. The summed E-state index contributed by atoms with van der Waals surface area (Å²) >= 11 is 6.20. The van der Waals surface area contributed by atoms with E-state index < -0.39 is 0 Å². The Morgan fingerprint density at radius 1 is 1.40 bits per heavy atom. The second-order valence-corrected chi connectivity index (χ2v) is 4.54. The number of anilines is 1. The van der Waals surface area contributed by atoms with Gasteiger partial charge in [-0.25, -0.2) is 10.4 Å². The minimum absolute atomic E-state index is 0. The number of amides is 1. The lowest BCUT2D eigenvalue weighted by Gasteiger charge is -2.25. The SMILES string of the molecule is CCCCNN(C(C)=O)c1c(Cl)cccc1OCC.Cl. The van der Waals surface area contributed by atoms with Crippen LogP contribution in [-0.4, -0.2) is 19.1 Å².